The van der Waals surface area contributed by atoms with E-state index in [1.165, 1.54) is 12.8 Å². The lowest BCUT2D eigenvalue weighted by atomic mass is 10.00. The SMILES string of the molecule is CC1CCN(C(N)=NCc2cc(Br)c3c(c2)OCO3)CC1. The van der Waals surface area contributed by atoms with Crippen LogP contribution < -0.4 is 15.2 Å². The van der Waals surface area contributed by atoms with Gasteiger partial charge in [0.2, 0.25) is 6.79 Å². The largest absolute Gasteiger partial charge is 0.454 e. The smallest absolute Gasteiger partial charge is 0.231 e. The van der Waals surface area contributed by atoms with Gasteiger partial charge in [-0.05, 0) is 52.4 Å². The van der Waals surface area contributed by atoms with Crippen molar-refractivity contribution in [1.29, 1.82) is 0 Å². The molecule has 3 rings (SSSR count). The molecule has 2 N–H and O–H groups in total. The Balaban J connectivity index is 1.67. The molecular weight excluding hydrogens is 334 g/mol. The second kappa shape index (κ2) is 6.13. The van der Waals surface area contributed by atoms with Gasteiger partial charge in [-0.2, -0.15) is 0 Å². The van der Waals surface area contributed by atoms with Gasteiger partial charge in [0.1, 0.15) is 0 Å². The van der Waals surface area contributed by atoms with E-state index >= 15 is 0 Å². The average Bonchev–Trinajstić information content (AvgIpc) is 2.94. The van der Waals surface area contributed by atoms with E-state index in [1.807, 2.05) is 12.1 Å². The monoisotopic (exact) mass is 353 g/mol. The van der Waals surface area contributed by atoms with Gasteiger partial charge < -0.3 is 20.1 Å². The van der Waals surface area contributed by atoms with Crippen molar-refractivity contribution < 1.29 is 9.47 Å². The van der Waals surface area contributed by atoms with Crippen molar-refractivity contribution >= 4 is 21.9 Å². The van der Waals surface area contributed by atoms with Gasteiger partial charge in [-0.1, -0.05) is 6.92 Å². The lowest BCUT2D eigenvalue weighted by Gasteiger charge is -2.31. The fraction of sp³-hybridized carbons (Fsp3) is 0.533. The molecule has 21 heavy (non-hydrogen) atoms. The summed E-state index contributed by atoms with van der Waals surface area (Å²) in [6, 6.07) is 3.96. The van der Waals surface area contributed by atoms with Crippen molar-refractivity contribution in [3.8, 4) is 11.5 Å². The number of nitrogens with two attached hydrogens (primary N) is 1. The molecule has 1 fully saturated rings. The van der Waals surface area contributed by atoms with E-state index in [-0.39, 0.29) is 6.79 Å². The summed E-state index contributed by atoms with van der Waals surface area (Å²) in [7, 11) is 0. The molecule has 0 atom stereocenters. The van der Waals surface area contributed by atoms with Gasteiger partial charge in [0.15, 0.2) is 17.5 Å². The first-order valence-corrected chi connectivity index (χ1v) is 8.05. The Morgan fingerprint density at radius 3 is 2.90 bits per heavy atom. The zero-order valence-corrected chi connectivity index (χ0v) is 13.7. The van der Waals surface area contributed by atoms with Crippen LogP contribution in [0.2, 0.25) is 0 Å². The quantitative estimate of drug-likeness (QED) is 0.655. The molecule has 2 aliphatic rings. The predicted octanol–water partition coefficient (Wildman–Crippen LogP) is 2.72. The summed E-state index contributed by atoms with van der Waals surface area (Å²) in [5.74, 6) is 2.95. The second-order valence-corrected chi connectivity index (χ2v) is 6.51. The lowest BCUT2D eigenvalue weighted by molar-refractivity contribution is 0.173. The van der Waals surface area contributed by atoms with E-state index in [1.54, 1.807) is 0 Å². The Hall–Kier alpha value is -1.43. The van der Waals surface area contributed by atoms with Crippen LogP contribution >= 0.6 is 15.9 Å². The maximum Gasteiger partial charge on any atom is 0.231 e. The van der Waals surface area contributed by atoms with Crippen LogP contribution in [0.3, 0.4) is 0 Å². The highest BCUT2D eigenvalue weighted by Crippen LogP contribution is 2.40. The Bertz CT molecular complexity index is 554. The number of aliphatic imine (C=N–C) groups is 1. The summed E-state index contributed by atoms with van der Waals surface area (Å²) in [5, 5.41) is 0. The number of hydrogen-bond donors (Lipinski definition) is 1. The first-order valence-electron chi connectivity index (χ1n) is 7.26. The number of rotatable bonds is 2. The summed E-state index contributed by atoms with van der Waals surface area (Å²) >= 11 is 3.49. The Kier molecular flexibility index (Phi) is 4.24. The summed E-state index contributed by atoms with van der Waals surface area (Å²) in [6.45, 7) is 5.11. The Morgan fingerprint density at radius 1 is 1.38 bits per heavy atom. The van der Waals surface area contributed by atoms with E-state index in [0.29, 0.717) is 12.5 Å². The molecule has 0 amide bonds. The van der Waals surface area contributed by atoms with Crippen molar-refractivity contribution in [1.82, 2.24) is 4.90 Å². The number of likely N-dealkylation sites (tertiary alicyclic amines) is 1. The topological polar surface area (TPSA) is 60.1 Å². The van der Waals surface area contributed by atoms with Crippen LogP contribution in [-0.2, 0) is 6.54 Å². The number of halogens is 1. The van der Waals surface area contributed by atoms with Crippen LogP contribution in [0, 0.1) is 5.92 Å². The highest BCUT2D eigenvalue weighted by Gasteiger charge is 2.19. The van der Waals surface area contributed by atoms with E-state index in [4.69, 9.17) is 15.2 Å². The zero-order valence-electron chi connectivity index (χ0n) is 12.1. The third-order valence-corrected chi connectivity index (χ3v) is 4.61. The van der Waals surface area contributed by atoms with E-state index in [0.717, 1.165) is 40.5 Å². The number of piperidine rings is 1. The van der Waals surface area contributed by atoms with Crippen LogP contribution in [0.1, 0.15) is 25.3 Å². The minimum Gasteiger partial charge on any atom is -0.454 e. The van der Waals surface area contributed by atoms with Gasteiger partial charge in [0, 0.05) is 13.1 Å². The molecule has 0 saturated carbocycles. The molecule has 0 aliphatic carbocycles. The average molecular weight is 354 g/mol. The summed E-state index contributed by atoms with van der Waals surface area (Å²) in [4.78, 5) is 6.68. The molecule has 1 saturated heterocycles. The third-order valence-electron chi connectivity index (χ3n) is 4.02. The molecule has 2 aliphatic heterocycles. The number of nitrogens with zero attached hydrogens (tertiary/aromatic N) is 2. The number of benzene rings is 1. The Morgan fingerprint density at radius 2 is 2.14 bits per heavy atom. The molecule has 1 aromatic carbocycles. The van der Waals surface area contributed by atoms with Crippen molar-refractivity contribution in [3.05, 3.63) is 22.2 Å². The van der Waals surface area contributed by atoms with Crippen molar-refractivity contribution in [2.24, 2.45) is 16.6 Å². The van der Waals surface area contributed by atoms with Crippen LogP contribution in [-0.4, -0.2) is 30.7 Å². The van der Waals surface area contributed by atoms with Gasteiger partial charge in [0.05, 0.1) is 11.0 Å². The molecule has 6 heteroatoms. The minimum absolute atomic E-state index is 0.273. The van der Waals surface area contributed by atoms with Crippen molar-refractivity contribution in [2.75, 3.05) is 19.9 Å². The van der Waals surface area contributed by atoms with E-state index in [2.05, 4.69) is 32.7 Å². The van der Waals surface area contributed by atoms with Crippen LogP contribution in [0.25, 0.3) is 0 Å². The summed E-state index contributed by atoms with van der Waals surface area (Å²) in [5.41, 5.74) is 7.16. The number of fused-ring (bicyclic) bond motifs is 1. The number of guanidine groups is 1. The molecule has 5 nitrogen and oxygen atoms in total. The van der Waals surface area contributed by atoms with Gasteiger partial charge in [-0.15, -0.1) is 0 Å². The number of hydrogen-bond acceptors (Lipinski definition) is 3. The van der Waals surface area contributed by atoms with E-state index < -0.39 is 0 Å². The molecule has 114 valence electrons. The van der Waals surface area contributed by atoms with Gasteiger partial charge >= 0.3 is 0 Å². The van der Waals surface area contributed by atoms with Gasteiger partial charge in [-0.25, -0.2) is 4.99 Å². The summed E-state index contributed by atoms with van der Waals surface area (Å²) in [6.07, 6.45) is 2.37. The molecule has 0 spiro atoms. The first kappa shape index (κ1) is 14.5. The first-order chi connectivity index (χ1) is 10.1. The molecule has 0 bridgehead atoms. The molecule has 0 radical (unpaired) electrons. The van der Waals surface area contributed by atoms with Gasteiger partial charge in [-0.3, -0.25) is 0 Å². The minimum atomic E-state index is 0.273. The molecule has 1 aromatic rings. The Labute approximate surface area is 133 Å². The van der Waals surface area contributed by atoms with E-state index in [9.17, 15) is 0 Å². The van der Waals surface area contributed by atoms with Crippen molar-refractivity contribution in [2.45, 2.75) is 26.3 Å². The van der Waals surface area contributed by atoms with Crippen LogP contribution in [0.4, 0.5) is 0 Å². The van der Waals surface area contributed by atoms with Gasteiger partial charge in [0.25, 0.3) is 0 Å². The highest BCUT2D eigenvalue weighted by molar-refractivity contribution is 9.10. The molecule has 2 heterocycles. The maximum atomic E-state index is 6.10. The molecule has 0 aromatic heterocycles. The fourth-order valence-corrected chi connectivity index (χ4v) is 3.23. The summed E-state index contributed by atoms with van der Waals surface area (Å²) < 4.78 is 11.7. The van der Waals surface area contributed by atoms with Crippen LogP contribution in [0.15, 0.2) is 21.6 Å². The van der Waals surface area contributed by atoms with Crippen molar-refractivity contribution in [3.63, 3.8) is 0 Å². The second-order valence-electron chi connectivity index (χ2n) is 5.66. The molecular formula is C15H20BrN3O2. The fourth-order valence-electron chi connectivity index (χ4n) is 2.62. The number of ether oxygens (including phenoxy) is 2. The standard InChI is InChI=1S/C15H20BrN3O2/c1-10-2-4-19(5-3-10)15(17)18-8-11-6-12(16)14-13(7-11)20-9-21-14/h6-7,10H,2-5,8-9H2,1H3,(H2,17,18). The lowest BCUT2D eigenvalue weighted by Crippen LogP contribution is -2.42. The maximum absolute atomic E-state index is 6.10. The van der Waals surface area contributed by atoms with Crippen LogP contribution in [0.5, 0.6) is 11.5 Å². The predicted molar refractivity (Wildman–Crippen MR) is 85.6 cm³/mol. The normalized spacial score (nSPS) is 19.1. The zero-order chi connectivity index (χ0) is 14.8. The highest BCUT2D eigenvalue weighted by atomic mass is 79.9. The molecule has 0 unspecified atom stereocenters. The third kappa shape index (κ3) is 3.26.